The number of terminal acetylenes is 1. The summed E-state index contributed by atoms with van der Waals surface area (Å²) in [6.07, 6.45) is 7.35. The molecule has 1 rings (SSSR count). The number of amides is 1. The summed E-state index contributed by atoms with van der Waals surface area (Å²) in [4.78, 5) is 24.3. The van der Waals surface area contributed by atoms with Gasteiger partial charge in [-0.15, -0.1) is 6.42 Å². The maximum absolute atomic E-state index is 11.6. The normalized spacial score (nSPS) is 20.4. The number of rotatable bonds is 3. The van der Waals surface area contributed by atoms with E-state index in [1.807, 2.05) is 6.92 Å². The predicted octanol–water partition coefficient (Wildman–Crippen LogP) is 1.59. The smallest absolute Gasteiger partial charge is 0.410 e. The zero-order chi connectivity index (χ0) is 12.0. The molecule has 0 aromatic carbocycles. The summed E-state index contributed by atoms with van der Waals surface area (Å²) < 4.78 is 5.07. The van der Waals surface area contributed by atoms with Crippen molar-refractivity contribution in [2.45, 2.75) is 38.6 Å². The monoisotopic (exact) mass is 223 g/mol. The minimum Gasteiger partial charge on any atom is -0.449 e. The number of ketones is 1. The fourth-order valence-corrected chi connectivity index (χ4v) is 1.58. The molecule has 0 radical (unpaired) electrons. The summed E-state index contributed by atoms with van der Waals surface area (Å²) in [6.45, 7) is 2.81. The zero-order valence-electron chi connectivity index (χ0n) is 9.57. The molecule has 1 heterocycles. The Bertz CT molecular complexity index is 306. The van der Waals surface area contributed by atoms with Crippen molar-refractivity contribution in [1.82, 2.24) is 4.90 Å². The number of ether oxygens (including phenoxy) is 1. The molecule has 1 fully saturated rings. The molecule has 0 aromatic rings. The van der Waals surface area contributed by atoms with Gasteiger partial charge in [0.1, 0.15) is 11.8 Å². The Labute approximate surface area is 95.9 Å². The van der Waals surface area contributed by atoms with E-state index in [4.69, 9.17) is 11.2 Å². The quantitative estimate of drug-likeness (QED) is 0.539. The molecular formula is C12H17NO3. The van der Waals surface area contributed by atoms with Crippen molar-refractivity contribution in [2.24, 2.45) is 0 Å². The first-order valence-electron chi connectivity index (χ1n) is 5.60. The van der Waals surface area contributed by atoms with E-state index in [9.17, 15) is 9.59 Å². The Kier molecular flexibility index (Phi) is 4.84. The van der Waals surface area contributed by atoms with Crippen LogP contribution in [0.4, 0.5) is 4.79 Å². The second-order valence-corrected chi connectivity index (χ2v) is 3.84. The summed E-state index contributed by atoms with van der Waals surface area (Å²) in [6, 6.07) is -0.435. The van der Waals surface area contributed by atoms with Gasteiger partial charge < -0.3 is 4.74 Å². The minimum atomic E-state index is -0.435. The van der Waals surface area contributed by atoms with Gasteiger partial charge in [0.15, 0.2) is 0 Å². The highest BCUT2D eigenvalue weighted by Gasteiger charge is 2.29. The first kappa shape index (κ1) is 12.6. The molecule has 0 unspecified atom stereocenters. The molecule has 4 nitrogen and oxygen atoms in total. The summed E-state index contributed by atoms with van der Waals surface area (Å²) >= 11 is 0. The molecule has 1 aliphatic heterocycles. The van der Waals surface area contributed by atoms with Crippen molar-refractivity contribution in [3.63, 3.8) is 0 Å². The fraction of sp³-hybridized carbons (Fsp3) is 0.667. The van der Waals surface area contributed by atoms with Crippen molar-refractivity contribution in [2.75, 3.05) is 13.2 Å². The number of hydrogen-bond acceptors (Lipinski definition) is 3. The van der Waals surface area contributed by atoms with Gasteiger partial charge in [-0.1, -0.05) is 19.3 Å². The Balaban J connectivity index is 2.47. The van der Waals surface area contributed by atoms with Crippen LogP contribution in [0.5, 0.6) is 0 Å². The molecule has 0 N–H and O–H groups in total. The predicted molar refractivity (Wildman–Crippen MR) is 59.8 cm³/mol. The van der Waals surface area contributed by atoms with Crippen molar-refractivity contribution in [1.29, 1.82) is 0 Å². The van der Waals surface area contributed by atoms with Gasteiger partial charge in [0.05, 0.1) is 6.61 Å². The number of likely N-dealkylation sites (tertiary alicyclic amines) is 1. The Hall–Kier alpha value is -1.50. The molecule has 0 aromatic heterocycles. The SMILES string of the molecule is C#C[C@H]1CC(=O)CCN1C(=O)OCCCC. The van der Waals surface area contributed by atoms with E-state index < -0.39 is 12.1 Å². The standard InChI is InChI=1S/C12H17NO3/c1-3-5-8-16-12(15)13-7-6-11(14)9-10(13)4-2/h2,10H,3,5-9H2,1H3/t10-/m0/s1. The first-order valence-corrected chi connectivity index (χ1v) is 5.60. The van der Waals surface area contributed by atoms with Crippen LogP contribution in [0.15, 0.2) is 0 Å². The van der Waals surface area contributed by atoms with Gasteiger partial charge in [0.2, 0.25) is 0 Å². The fourth-order valence-electron chi connectivity index (χ4n) is 1.58. The average molecular weight is 223 g/mol. The van der Waals surface area contributed by atoms with Gasteiger partial charge in [0.25, 0.3) is 0 Å². The number of Topliss-reactive ketones (excluding diaryl/α,β-unsaturated/α-hetero) is 1. The van der Waals surface area contributed by atoms with Crippen LogP contribution in [-0.2, 0) is 9.53 Å². The number of carbonyl (C=O) groups excluding carboxylic acids is 2. The van der Waals surface area contributed by atoms with Crippen LogP contribution >= 0.6 is 0 Å². The molecule has 88 valence electrons. The summed E-state index contributed by atoms with van der Waals surface area (Å²) in [5.41, 5.74) is 0. The van der Waals surface area contributed by atoms with Crippen LogP contribution in [0, 0.1) is 12.3 Å². The van der Waals surface area contributed by atoms with Crippen molar-refractivity contribution in [3.05, 3.63) is 0 Å². The lowest BCUT2D eigenvalue weighted by atomic mass is 10.0. The highest BCUT2D eigenvalue weighted by atomic mass is 16.6. The third-order valence-electron chi connectivity index (χ3n) is 2.58. The number of nitrogens with zero attached hydrogens (tertiary/aromatic N) is 1. The van der Waals surface area contributed by atoms with E-state index in [1.54, 1.807) is 0 Å². The average Bonchev–Trinajstić information content (AvgIpc) is 2.29. The summed E-state index contributed by atoms with van der Waals surface area (Å²) in [7, 11) is 0. The van der Waals surface area contributed by atoms with E-state index >= 15 is 0 Å². The Morgan fingerprint density at radius 1 is 1.69 bits per heavy atom. The second kappa shape index (κ2) is 6.16. The lowest BCUT2D eigenvalue weighted by Crippen LogP contribution is -2.46. The van der Waals surface area contributed by atoms with Gasteiger partial charge in [-0.2, -0.15) is 0 Å². The van der Waals surface area contributed by atoms with Crippen molar-refractivity contribution >= 4 is 11.9 Å². The second-order valence-electron chi connectivity index (χ2n) is 3.84. The highest BCUT2D eigenvalue weighted by Crippen LogP contribution is 2.15. The van der Waals surface area contributed by atoms with Gasteiger partial charge in [-0.3, -0.25) is 9.69 Å². The number of unbranched alkanes of at least 4 members (excludes halogenated alkanes) is 1. The summed E-state index contributed by atoms with van der Waals surface area (Å²) in [5, 5.41) is 0. The van der Waals surface area contributed by atoms with Gasteiger partial charge in [0, 0.05) is 19.4 Å². The van der Waals surface area contributed by atoms with Crippen LogP contribution < -0.4 is 0 Å². The van der Waals surface area contributed by atoms with Crippen molar-refractivity contribution < 1.29 is 14.3 Å². The van der Waals surface area contributed by atoms with Crippen molar-refractivity contribution in [3.8, 4) is 12.3 Å². The number of hydrogen-bond donors (Lipinski definition) is 0. The molecule has 1 atom stereocenters. The van der Waals surface area contributed by atoms with Crippen LogP contribution in [0.25, 0.3) is 0 Å². The highest BCUT2D eigenvalue weighted by molar-refractivity contribution is 5.83. The lowest BCUT2D eigenvalue weighted by molar-refractivity contribution is -0.121. The van der Waals surface area contributed by atoms with Gasteiger partial charge in [-0.25, -0.2) is 4.79 Å². The maximum atomic E-state index is 11.6. The van der Waals surface area contributed by atoms with Crippen LogP contribution in [0.2, 0.25) is 0 Å². The Morgan fingerprint density at radius 2 is 2.44 bits per heavy atom. The molecule has 1 saturated heterocycles. The molecule has 16 heavy (non-hydrogen) atoms. The van der Waals surface area contributed by atoms with Crippen LogP contribution in [-0.4, -0.2) is 36.0 Å². The first-order chi connectivity index (χ1) is 7.69. The van der Waals surface area contributed by atoms with E-state index in [-0.39, 0.29) is 12.2 Å². The van der Waals surface area contributed by atoms with Crippen LogP contribution in [0.1, 0.15) is 32.6 Å². The molecule has 4 heteroatoms. The molecule has 0 aliphatic carbocycles. The van der Waals surface area contributed by atoms with E-state index in [0.717, 1.165) is 12.8 Å². The van der Waals surface area contributed by atoms with E-state index in [1.165, 1.54) is 4.90 Å². The van der Waals surface area contributed by atoms with Gasteiger partial charge >= 0.3 is 6.09 Å². The maximum Gasteiger partial charge on any atom is 0.410 e. The lowest BCUT2D eigenvalue weighted by Gasteiger charge is -2.30. The third-order valence-corrected chi connectivity index (χ3v) is 2.58. The van der Waals surface area contributed by atoms with Gasteiger partial charge in [-0.05, 0) is 6.42 Å². The topological polar surface area (TPSA) is 46.6 Å². The zero-order valence-corrected chi connectivity index (χ0v) is 9.57. The molecule has 1 amide bonds. The third kappa shape index (κ3) is 3.27. The minimum absolute atomic E-state index is 0.112. The molecule has 0 bridgehead atoms. The van der Waals surface area contributed by atoms with E-state index in [2.05, 4.69) is 5.92 Å². The summed E-state index contributed by atoms with van der Waals surface area (Å²) in [5.74, 6) is 2.57. The Morgan fingerprint density at radius 3 is 3.06 bits per heavy atom. The number of carbonyl (C=O) groups is 2. The molecular weight excluding hydrogens is 206 g/mol. The van der Waals surface area contributed by atoms with Crippen LogP contribution in [0.3, 0.4) is 0 Å². The molecule has 0 saturated carbocycles. The molecule has 1 aliphatic rings. The molecule has 0 spiro atoms. The van der Waals surface area contributed by atoms with E-state index in [0.29, 0.717) is 19.6 Å². The largest absolute Gasteiger partial charge is 0.449 e. The number of piperidine rings is 1.